The topological polar surface area (TPSA) is 105 Å². The van der Waals surface area contributed by atoms with Crippen LogP contribution in [-0.4, -0.2) is 29.9 Å². The van der Waals surface area contributed by atoms with Crippen LogP contribution < -0.4 is 10.7 Å². The van der Waals surface area contributed by atoms with Gasteiger partial charge in [-0.15, -0.1) is 0 Å². The van der Waals surface area contributed by atoms with Crippen LogP contribution in [0.3, 0.4) is 0 Å². The number of pyridine rings is 1. The molecule has 0 saturated heterocycles. The smallest absolute Gasteiger partial charge is 0.308 e. The molecular weight excluding hydrogens is 336 g/mol. The van der Waals surface area contributed by atoms with Gasteiger partial charge in [-0.2, -0.15) is 0 Å². The fraction of sp³-hybridized carbons (Fsp3) is 0.263. The van der Waals surface area contributed by atoms with Crippen molar-refractivity contribution >= 4 is 17.8 Å². The maximum atomic E-state index is 12.2. The minimum atomic E-state index is -0.806. The standard InChI is InChI=1S/C19H20N2O5/c1-12(19(25)26-2)8-17(23)21-18(24)15-11-20-14(10-16(15)22)9-13-6-4-3-5-7-13/h3-7,10-12H,8-9H2,1-2H3,(H,20,22)(H,21,23,24)/t12-/m0/s1. The molecule has 0 aliphatic heterocycles. The van der Waals surface area contributed by atoms with Gasteiger partial charge < -0.3 is 9.72 Å². The molecule has 1 atom stereocenters. The van der Waals surface area contributed by atoms with Gasteiger partial charge in [0, 0.05) is 30.8 Å². The van der Waals surface area contributed by atoms with Gasteiger partial charge in [-0.3, -0.25) is 24.5 Å². The van der Waals surface area contributed by atoms with Gasteiger partial charge in [0.15, 0.2) is 5.43 Å². The van der Waals surface area contributed by atoms with Crippen LogP contribution in [0.2, 0.25) is 0 Å². The molecule has 2 rings (SSSR count). The van der Waals surface area contributed by atoms with Crippen molar-refractivity contribution in [3.63, 3.8) is 0 Å². The van der Waals surface area contributed by atoms with Gasteiger partial charge in [-0.25, -0.2) is 0 Å². The minimum absolute atomic E-state index is 0.166. The van der Waals surface area contributed by atoms with E-state index in [-0.39, 0.29) is 12.0 Å². The first-order valence-electron chi connectivity index (χ1n) is 8.08. The summed E-state index contributed by atoms with van der Waals surface area (Å²) < 4.78 is 4.52. The van der Waals surface area contributed by atoms with E-state index in [1.807, 2.05) is 30.3 Å². The van der Waals surface area contributed by atoms with E-state index in [1.54, 1.807) is 0 Å². The molecule has 0 aliphatic carbocycles. The molecule has 26 heavy (non-hydrogen) atoms. The monoisotopic (exact) mass is 356 g/mol. The number of imide groups is 1. The number of amides is 2. The second-order valence-electron chi connectivity index (χ2n) is 5.90. The summed E-state index contributed by atoms with van der Waals surface area (Å²) in [6.07, 6.45) is 1.60. The number of aromatic amines is 1. The molecule has 1 heterocycles. The molecule has 2 N–H and O–H groups in total. The van der Waals surface area contributed by atoms with E-state index in [2.05, 4.69) is 15.0 Å². The number of carbonyl (C=O) groups excluding carboxylic acids is 3. The average molecular weight is 356 g/mol. The summed E-state index contributed by atoms with van der Waals surface area (Å²) in [6.45, 7) is 1.51. The van der Waals surface area contributed by atoms with E-state index in [0.717, 1.165) is 5.56 Å². The zero-order valence-corrected chi connectivity index (χ0v) is 14.6. The van der Waals surface area contributed by atoms with E-state index >= 15 is 0 Å². The maximum absolute atomic E-state index is 12.2. The third-order valence-corrected chi connectivity index (χ3v) is 3.80. The van der Waals surface area contributed by atoms with Gasteiger partial charge in [-0.1, -0.05) is 37.3 Å². The number of hydrogen-bond acceptors (Lipinski definition) is 5. The Kier molecular flexibility index (Phi) is 6.43. The average Bonchev–Trinajstić information content (AvgIpc) is 2.61. The number of ether oxygens (including phenoxy) is 1. The number of benzene rings is 1. The lowest BCUT2D eigenvalue weighted by molar-refractivity contribution is -0.146. The van der Waals surface area contributed by atoms with Gasteiger partial charge in [0.1, 0.15) is 5.56 Å². The quantitative estimate of drug-likeness (QED) is 0.762. The number of H-pyrrole nitrogens is 1. The van der Waals surface area contributed by atoms with Crippen LogP contribution in [0, 0.1) is 5.92 Å². The number of aromatic nitrogens is 1. The van der Waals surface area contributed by atoms with Crippen molar-refractivity contribution in [2.24, 2.45) is 5.92 Å². The number of esters is 1. The Morgan fingerprint density at radius 2 is 1.88 bits per heavy atom. The number of rotatable bonds is 6. The molecular formula is C19H20N2O5. The molecule has 0 bridgehead atoms. The molecule has 0 saturated carbocycles. The fourth-order valence-electron chi connectivity index (χ4n) is 2.42. The minimum Gasteiger partial charge on any atom is -0.469 e. The highest BCUT2D eigenvalue weighted by atomic mass is 16.5. The van der Waals surface area contributed by atoms with Crippen molar-refractivity contribution < 1.29 is 19.1 Å². The predicted molar refractivity (Wildman–Crippen MR) is 94.6 cm³/mol. The zero-order valence-electron chi connectivity index (χ0n) is 14.6. The van der Waals surface area contributed by atoms with E-state index in [0.29, 0.717) is 12.1 Å². The summed E-state index contributed by atoms with van der Waals surface area (Å²) >= 11 is 0. The van der Waals surface area contributed by atoms with Gasteiger partial charge in [0.05, 0.1) is 13.0 Å². The van der Waals surface area contributed by atoms with Crippen LogP contribution in [0.4, 0.5) is 0 Å². The van der Waals surface area contributed by atoms with Crippen molar-refractivity contribution in [2.75, 3.05) is 7.11 Å². The van der Waals surface area contributed by atoms with E-state index in [1.165, 1.54) is 26.3 Å². The summed E-state index contributed by atoms with van der Waals surface area (Å²) in [5, 5.41) is 2.11. The number of carbonyl (C=O) groups is 3. The molecule has 0 radical (unpaired) electrons. The van der Waals surface area contributed by atoms with Crippen molar-refractivity contribution in [2.45, 2.75) is 19.8 Å². The van der Waals surface area contributed by atoms with Crippen LogP contribution in [0.1, 0.15) is 35.0 Å². The molecule has 2 amide bonds. The molecule has 136 valence electrons. The fourth-order valence-corrected chi connectivity index (χ4v) is 2.42. The van der Waals surface area contributed by atoms with Crippen LogP contribution >= 0.6 is 0 Å². The Balaban J connectivity index is 2.02. The van der Waals surface area contributed by atoms with Gasteiger partial charge >= 0.3 is 5.97 Å². The lowest BCUT2D eigenvalue weighted by atomic mass is 10.1. The number of nitrogens with one attached hydrogen (secondary N) is 2. The molecule has 7 heteroatoms. The molecule has 1 aromatic carbocycles. The van der Waals surface area contributed by atoms with Gasteiger partial charge in [0.25, 0.3) is 5.91 Å². The lowest BCUT2D eigenvalue weighted by Crippen LogP contribution is -2.35. The molecule has 0 fully saturated rings. The Labute approximate surface area is 150 Å². The summed E-state index contributed by atoms with van der Waals surface area (Å²) in [5.41, 5.74) is 1.03. The molecule has 1 aromatic heterocycles. The van der Waals surface area contributed by atoms with Crippen molar-refractivity contribution in [1.82, 2.24) is 10.3 Å². The molecule has 0 spiro atoms. The zero-order chi connectivity index (χ0) is 19.1. The predicted octanol–water partition coefficient (Wildman–Crippen LogP) is 1.42. The number of hydrogen-bond donors (Lipinski definition) is 2. The molecule has 2 aromatic rings. The van der Waals surface area contributed by atoms with Crippen molar-refractivity contribution in [3.8, 4) is 0 Å². The first-order valence-corrected chi connectivity index (χ1v) is 8.08. The Morgan fingerprint density at radius 3 is 2.50 bits per heavy atom. The largest absolute Gasteiger partial charge is 0.469 e. The summed E-state index contributed by atoms with van der Waals surface area (Å²) in [6, 6.07) is 10.9. The van der Waals surface area contributed by atoms with E-state index in [9.17, 15) is 19.2 Å². The van der Waals surface area contributed by atoms with Crippen molar-refractivity contribution in [1.29, 1.82) is 0 Å². The molecule has 0 aliphatic rings. The van der Waals surface area contributed by atoms with E-state index < -0.39 is 29.1 Å². The van der Waals surface area contributed by atoms with Crippen LogP contribution in [0.25, 0.3) is 0 Å². The normalized spacial score (nSPS) is 11.5. The highest BCUT2D eigenvalue weighted by Crippen LogP contribution is 2.06. The Morgan fingerprint density at radius 1 is 1.19 bits per heavy atom. The molecule has 0 unspecified atom stereocenters. The molecule has 7 nitrogen and oxygen atoms in total. The third kappa shape index (κ3) is 5.14. The summed E-state index contributed by atoms with van der Waals surface area (Å²) in [7, 11) is 1.22. The SMILES string of the molecule is COC(=O)[C@@H](C)CC(=O)NC(=O)c1c[nH]c(Cc2ccccc2)cc1=O. The first kappa shape index (κ1) is 19.1. The summed E-state index contributed by atoms with van der Waals surface area (Å²) in [5.74, 6) is -2.68. The van der Waals surface area contributed by atoms with Gasteiger partial charge in [-0.05, 0) is 5.56 Å². The first-order chi connectivity index (χ1) is 12.4. The Bertz CT molecular complexity index is 858. The maximum Gasteiger partial charge on any atom is 0.308 e. The Hall–Kier alpha value is -3.22. The second kappa shape index (κ2) is 8.75. The van der Waals surface area contributed by atoms with Gasteiger partial charge in [0.2, 0.25) is 5.91 Å². The number of methoxy groups -OCH3 is 1. The van der Waals surface area contributed by atoms with Crippen LogP contribution in [-0.2, 0) is 20.7 Å². The highest BCUT2D eigenvalue weighted by molar-refractivity contribution is 6.04. The van der Waals surface area contributed by atoms with Crippen LogP contribution in [0.15, 0.2) is 47.4 Å². The second-order valence-corrected chi connectivity index (χ2v) is 5.90. The van der Waals surface area contributed by atoms with E-state index in [4.69, 9.17) is 0 Å². The van der Waals surface area contributed by atoms with Crippen molar-refractivity contribution in [3.05, 3.63) is 69.6 Å². The third-order valence-electron chi connectivity index (χ3n) is 3.80. The lowest BCUT2D eigenvalue weighted by Gasteiger charge is -2.09. The van der Waals surface area contributed by atoms with Crippen LogP contribution in [0.5, 0.6) is 0 Å². The summed E-state index contributed by atoms with van der Waals surface area (Å²) in [4.78, 5) is 50.3. The highest BCUT2D eigenvalue weighted by Gasteiger charge is 2.20.